The summed E-state index contributed by atoms with van der Waals surface area (Å²) >= 11 is 6.41. The van der Waals surface area contributed by atoms with Gasteiger partial charge in [0.2, 0.25) is 0 Å². The van der Waals surface area contributed by atoms with Crippen LogP contribution in [0.25, 0.3) is 0 Å². The van der Waals surface area contributed by atoms with E-state index in [0.29, 0.717) is 29.7 Å². The van der Waals surface area contributed by atoms with Gasteiger partial charge in [-0.3, -0.25) is 4.79 Å². The molecule has 0 aliphatic rings. The van der Waals surface area contributed by atoms with E-state index >= 15 is 0 Å². The maximum Gasteiger partial charge on any atom is 0.262 e. The Balaban J connectivity index is 1.93. The average Bonchev–Trinajstić information content (AvgIpc) is 2.73. The summed E-state index contributed by atoms with van der Waals surface area (Å²) in [5, 5.41) is 15.5. The summed E-state index contributed by atoms with van der Waals surface area (Å²) in [4.78, 5) is 12.2. The predicted molar refractivity (Wildman–Crippen MR) is 121 cm³/mol. The zero-order valence-electron chi connectivity index (χ0n) is 17.7. The average molecular weight is 435 g/mol. The lowest BCUT2D eigenvalue weighted by Crippen LogP contribution is -2.20. The highest BCUT2D eigenvalue weighted by atomic mass is 35.5. The number of hydrogen-bond acceptors (Lipinski definition) is 5. The first-order valence-electron chi connectivity index (χ1n) is 10.3. The third-order valence-corrected chi connectivity index (χ3v) is 4.79. The number of nitrogens with one attached hydrogen (secondary N) is 2. The molecule has 2 rings (SSSR count). The number of anilines is 1. The maximum absolute atomic E-state index is 12.2. The highest BCUT2D eigenvalue weighted by Crippen LogP contribution is 2.33. The summed E-state index contributed by atoms with van der Waals surface area (Å²) < 4.78 is 11.4. The van der Waals surface area contributed by atoms with Crippen LogP contribution >= 0.6 is 11.6 Å². The van der Waals surface area contributed by atoms with E-state index in [1.54, 1.807) is 6.07 Å². The molecule has 1 amide bonds. The monoisotopic (exact) mass is 434 g/mol. The van der Waals surface area contributed by atoms with Crippen molar-refractivity contribution in [3.8, 4) is 11.5 Å². The predicted octanol–water partition coefficient (Wildman–Crippen LogP) is 4.32. The Bertz CT molecular complexity index is 797. The fourth-order valence-electron chi connectivity index (χ4n) is 2.83. The number of aryl methyl sites for hydroxylation is 1. The number of aliphatic hydroxyl groups is 1. The van der Waals surface area contributed by atoms with Crippen LogP contribution in [0.1, 0.15) is 37.3 Å². The summed E-state index contributed by atoms with van der Waals surface area (Å²) in [6.45, 7) is 5.89. The maximum atomic E-state index is 12.2. The second-order valence-electron chi connectivity index (χ2n) is 6.99. The molecule has 0 heterocycles. The largest absolute Gasteiger partial charge is 0.490 e. The molecule has 0 unspecified atom stereocenters. The van der Waals surface area contributed by atoms with E-state index in [4.69, 9.17) is 26.2 Å². The first-order chi connectivity index (χ1) is 14.5. The van der Waals surface area contributed by atoms with E-state index in [9.17, 15) is 4.79 Å². The number of halogens is 1. The van der Waals surface area contributed by atoms with Gasteiger partial charge in [0, 0.05) is 29.9 Å². The number of benzene rings is 2. The SMILES string of the molecule is CCOc1cc(CNCCCCCO)c(Cl)cc1OCC(=O)Nc1ccc(C)cc1. The van der Waals surface area contributed by atoms with Crippen molar-refractivity contribution in [2.75, 3.05) is 31.7 Å². The Morgan fingerprint density at radius 1 is 1.07 bits per heavy atom. The van der Waals surface area contributed by atoms with Gasteiger partial charge in [-0.15, -0.1) is 0 Å². The van der Waals surface area contributed by atoms with Crippen LogP contribution in [0.15, 0.2) is 36.4 Å². The third-order valence-electron chi connectivity index (χ3n) is 4.43. The number of carbonyl (C=O) groups excluding carboxylic acids is 1. The summed E-state index contributed by atoms with van der Waals surface area (Å²) in [6.07, 6.45) is 2.80. The normalized spacial score (nSPS) is 10.7. The summed E-state index contributed by atoms with van der Waals surface area (Å²) in [7, 11) is 0. The van der Waals surface area contributed by atoms with Crippen LogP contribution in [0.5, 0.6) is 11.5 Å². The zero-order valence-corrected chi connectivity index (χ0v) is 18.4. The van der Waals surface area contributed by atoms with Gasteiger partial charge in [0.25, 0.3) is 5.91 Å². The van der Waals surface area contributed by atoms with Gasteiger partial charge in [-0.2, -0.15) is 0 Å². The van der Waals surface area contributed by atoms with E-state index in [-0.39, 0.29) is 19.1 Å². The lowest BCUT2D eigenvalue weighted by molar-refractivity contribution is -0.118. The molecule has 0 fully saturated rings. The number of aliphatic hydroxyl groups excluding tert-OH is 1. The minimum absolute atomic E-state index is 0.146. The number of ether oxygens (including phenoxy) is 2. The van der Waals surface area contributed by atoms with Crippen LogP contribution in [-0.4, -0.2) is 37.4 Å². The van der Waals surface area contributed by atoms with Crippen LogP contribution < -0.4 is 20.1 Å². The molecule has 0 saturated carbocycles. The Morgan fingerprint density at radius 2 is 1.80 bits per heavy atom. The molecule has 0 aliphatic carbocycles. The zero-order chi connectivity index (χ0) is 21.8. The van der Waals surface area contributed by atoms with Crippen molar-refractivity contribution in [2.45, 2.75) is 39.7 Å². The standard InChI is InChI=1S/C23H31ClN2O4/c1-3-29-21-13-18(15-25-11-5-4-6-12-27)20(24)14-22(21)30-16-23(28)26-19-9-7-17(2)8-10-19/h7-10,13-14,25,27H,3-6,11-12,15-16H2,1-2H3,(H,26,28). The quantitative estimate of drug-likeness (QED) is 0.409. The van der Waals surface area contributed by atoms with Crippen LogP contribution in [0.4, 0.5) is 5.69 Å². The smallest absolute Gasteiger partial charge is 0.262 e. The molecule has 0 aliphatic heterocycles. The van der Waals surface area contributed by atoms with Gasteiger partial charge < -0.3 is 25.2 Å². The van der Waals surface area contributed by atoms with Crippen LogP contribution in [0, 0.1) is 6.92 Å². The van der Waals surface area contributed by atoms with E-state index in [1.807, 2.05) is 44.2 Å². The minimum atomic E-state index is -0.258. The summed E-state index contributed by atoms with van der Waals surface area (Å²) in [6, 6.07) is 11.1. The van der Waals surface area contributed by atoms with Gasteiger partial charge in [-0.05, 0) is 63.4 Å². The summed E-state index contributed by atoms with van der Waals surface area (Å²) in [5.74, 6) is 0.737. The first kappa shape index (κ1) is 24.0. The van der Waals surface area contributed by atoms with E-state index in [1.165, 1.54) is 0 Å². The molecular formula is C23H31ClN2O4. The fourth-order valence-corrected chi connectivity index (χ4v) is 3.05. The molecule has 164 valence electrons. The highest BCUT2D eigenvalue weighted by molar-refractivity contribution is 6.31. The molecule has 6 nitrogen and oxygen atoms in total. The van der Waals surface area contributed by atoms with Crippen molar-refractivity contribution in [1.29, 1.82) is 0 Å². The molecule has 0 spiro atoms. The van der Waals surface area contributed by atoms with Crippen molar-refractivity contribution in [2.24, 2.45) is 0 Å². The van der Waals surface area contributed by atoms with Crippen molar-refractivity contribution in [1.82, 2.24) is 5.32 Å². The van der Waals surface area contributed by atoms with Crippen molar-refractivity contribution >= 4 is 23.2 Å². The van der Waals surface area contributed by atoms with Gasteiger partial charge in [-0.1, -0.05) is 29.3 Å². The van der Waals surface area contributed by atoms with E-state index in [2.05, 4.69) is 10.6 Å². The second-order valence-corrected chi connectivity index (χ2v) is 7.39. The van der Waals surface area contributed by atoms with Crippen LogP contribution in [0.2, 0.25) is 5.02 Å². The molecular weight excluding hydrogens is 404 g/mol. The number of rotatable bonds is 13. The molecule has 2 aromatic rings. The molecule has 0 radical (unpaired) electrons. The van der Waals surface area contributed by atoms with Crippen molar-refractivity contribution < 1.29 is 19.4 Å². The van der Waals surface area contributed by atoms with Gasteiger partial charge in [0.1, 0.15) is 0 Å². The molecule has 7 heteroatoms. The number of carbonyl (C=O) groups is 1. The van der Waals surface area contributed by atoms with Crippen molar-refractivity contribution in [3.63, 3.8) is 0 Å². The van der Waals surface area contributed by atoms with E-state index in [0.717, 1.165) is 42.6 Å². The highest BCUT2D eigenvalue weighted by Gasteiger charge is 2.13. The summed E-state index contributed by atoms with van der Waals surface area (Å²) in [5.41, 5.74) is 2.75. The number of hydrogen-bond donors (Lipinski definition) is 3. The fraction of sp³-hybridized carbons (Fsp3) is 0.435. The molecule has 0 atom stereocenters. The molecule has 0 bridgehead atoms. The third kappa shape index (κ3) is 8.22. The Labute approximate surface area is 183 Å². The Hall–Kier alpha value is -2.28. The number of unbranched alkanes of at least 4 members (excludes halogenated alkanes) is 2. The van der Waals surface area contributed by atoms with Gasteiger partial charge >= 0.3 is 0 Å². The molecule has 30 heavy (non-hydrogen) atoms. The van der Waals surface area contributed by atoms with Crippen LogP contribution in [0.3, 0.4) is 0 Å². The topological polar surface area (TPSA) is 79.8 Å². The molecule has 2 aromatic carbocycles. The lowest BCUT2D eigenvalue weighted by atomic mass is 10.2. The molecule has 3 N–H and O–H groups in total. The van der Waals surface area contributed by atoms with E-state index < -0.39 is 0 Å². The molecule has 0 saturated heterocycles. The molecule has 0 aromatic heterocycles. The van der Waals surface area contributed by atoms with Crippen LogP contribution in [-0.2, 0) is 11.3 Å². The minimum Gasteiger partial charge on any atom is -0.490 e. The second kappa shape index (κ2) is 13.1. The van der Waals surface area contributed by atoms with Crippen molar-refractivity contribution in [3.05, 3.63) is 52.5 Å². The van der Waals surface area contributed by atoms with Gasteiger partial charge in [0.05, 0.1) is 6.61 Å². The van der Waals surface area contributed by atoms with Gasteiger partial charge in [0.15, 0.2) is 18.1 Å². The Morgan fingerprint density at radius 3 is 2.50 bits per heavy atom. The lowest BCUT2D eigenvalue weighted by Gasteiger charge is -2.15. The number of amides is 1. The van der Waals surface area contributed by atoms with Gasteiger partial charge in [-0.25, -0.2) is 0 Å². The Kier molecular flexibility index (Phi) is 10.5. The first-order valence-corrected chi connectivity index (χ1v) is 10.7.